The van der Waals surface area contributed by atoms with Gasteiger partial charge in [-0.3, -0.25) is 0 Å². The Bertz CT molecular complexity index is 711. The van der Waals surface area contributed by atoms with Crippen LogP contribution in [0.3, 0.4) is 0 Å². The van der Waals surface area contributed by atoms with Crippen LogP contribution in [0.4, 0.5) is 0 Å². The van der Waals surface area contributed by atoms with E-state index < -0.39 is 0 Å². The van der Waals surface area contributed by atoms with Crippen LogP contribution in [0.15, 0.2) is 30.3 Å². The maximum atomic E-state index is 10.1. The van der Waals surface area contributed by atoms with Gasteiger partial charge in [0.25, 0.3) is 0 Å². The number of hydrogen-bond donors (Lipinski definition) is 1. The Balaban J connectivity index is 2.04. The molecule has 0 spiro atoms. The minimum atomic E-state index is -0.168. The van der Waals surface area contributed by atoms with Gasteiger partial charge in [0, 0.05) is 17.2 Å². The lowest BCUT2D eigenvalue weighted by molar-refractivity contribution is 0.161. The number of benzene rings is 2. The zero-order valence-corrected chi connectivity index (χ0v) is 13.5. The molecular formula is C18H20O5. The van der Waals surface area contributed by atoms with Crippen LogP contribution in [0.5, 0.6) is 28.7 Å². The monoisotopic (exact) mass is 316 g/mol. The first-order chi connectivity index (χ1) is 11.2. The van der Waals surface area contributed by atoms with Crippen molar-refractivity contribution < 1.29 is 24.1 Å². The molecule has 1 aliphatic rings. The number of methoxy groups -OCH3 is 3. The molecule has 0 bridgehead atoms. The quantitative estimate of drug-likeness (QED) is 0.936. The second-order valence-corrected chi connectivity index (χ2v) is 5.33. The van der Waals surface area contributed by atoms with Gasteiger partial charge in [0.2, 0.25) is 5.75 Å². The number of phenolic OH excluding ortho intramolecular Hbond substituents is 1. The fourth-order valence-corrected chi connectivity index (χ4v) is 3.01. The summed E-state index contributed by atoms with van der Waals surface area (Å²) in [7, 11) is 4.73. The number of para-hydroxylation sites is 1. The highest BCUT2D eigenvalue weighted by molar-refractivity contribution is 5.62. The molecule has 1 N–H and O–H groups in total. The van der Waals surface area contributed by atoms with Crippen molar-refractivity contribution in [2.24, 2.45) is 0 Å². The predicted octanol–water partition coefficient (Wildman–Crippen LogP) is 3.48. The zero-order chi connectivity index (χ0) is 16.4. The van der Waals surface area contributed by atoms with E-state index in [2.05, 4.69) is 0 Å². The lowest BCUT2D eigenvalue weighted by atomic mass is 9.95. The van der Waals surface area contributed by atoms with Gasteiger partial charge in [0.05, 0.1) is 21.3 Å². The molecule has 3 rings (SSSR count). The van der Waals surface area contributed by atoms with E-state index in [9.17, 15) is 5.11 Å². The van der Waals surface area contributed by atoms with Gasteiger partial charge in [-0.1, -0.05) is 18.2 Å². The maximum absolute atomic E-state index is 10.1. The fourth-order valence-electron chi connectivity index (χ4n) is 3.01. The van der Waals surface area contributed by atoms with Gasteiger partial charge in [-0.2, -0.15) is 0 Å². The van der Waals surface area contributed by atoms with Gasteiger partial charge < -0.3 is 24.1 Å². The van der Waals surface area contributed by atoms with Crippen LogP contribution in [0.1, 0.15) is 23.7 Å². The lowest BCUT2D eigenvalue weighted by Crippen LogP contribution is -2.17. The minimum Gasteiger partial charge on any atom is -0.504 e. The average molecular weight is 316 g/mol. The summed E-state index contributed by atoms with van der Waals surface area (Å²) in [4.78, 5) is 0. The summed E-state index contributed by atoms with van der Waals surface area (Å²) < 4.78 is 22.3. The van der Waals surface area contributed by atoms with E-state index in [0.717, 1.165) is 29.7 Å². The third kappa shape index (κ3) is 2.63. The van der Waals surface area contributed by atoms with Crippen molar-refractivity contribution >= 4 is 0 Å². The van der Waals surface area contributed by atoms with Gasteiger partial charge in [-0.25, -0.2) is 0 Å². The van der Waals surface area contributed by atoms with Gasteiger partial charge in [-0.05, 0) is 18.9 Å². The van der Waals surface area contributed by atoms with Crippen LogP contribution >= 0.6 is 0 Å². The Morgan fingerprint density at radius 1 is 1.04 bits per heavy atom. The molecule has 0 radical (unpaired) electrons. The van der Waals surface area contributed by atoms with E-state index in [1.165, 1.54) is 7.11 Å². The lowest BCUT2D eigenvalue weighted by Gasteiger charge is -2.29. The Kier molecular flexibility index (Phi) is 4.19. The summed E-state index contributed by atoms with van der Waals surface area (Å²) in [6.45, 7) is 0. The number of hydrogen-bond acceptors (Lipinski definition) is 5. The van der Waals surface area contributed by atoms with E-state index in [0.29, 0.717) is 17.2 Å². The zero-order valence-electron chi connectivity index (χ0n) is 13.5. The van der Waals surface area contributed by atoms with Crippen LogP contribution in [0.25, 0.3) is 0 Å². The topological polar surface area (TPSA) is 57.2 Å². The number of fused-ring (bicyclic) bond motifs is 1. The molecule has 122 valence electrons. The third-order valence-electron chi connectivity index (χ3n) is 4.10. The first-order valence-electron chi connectivity index (χ1n) is 7.46. The molecule has 0 amide bonds. The first kappa shape index (κ1) is 15.3. The van der Waals surface area contributed by atoms with Crippen molar-refractivity contribution in [2.45, 2.75) is 18.9 Å². The number of rotatable bonds is 4. The SMILES string of the molecule is COc1ccccc1C1CCc2c(OC)cc(O)c(OC)c2O1. The van der Waals surface area contributed by atoms with Crippen molar-refractivity contribution in [2.75, 3.05) is 21.3 Å². The minimum absolute atomic E-state index is 0.00350. The Hall–Kier alpha value is -2.56. The number of aromatic hydroxyl groups is 1. The van der Waals surface area contributed by atoms with Crippen molar-refractivity contribution in [3.05, 3.63) is 41.5 Å². The van der Waals surface area contributed by atoms with Crippen LogP contribution in [-0.2, 0) is 6.42 Å². The van der Waals surface area contributed by atoms with E-state index in [1.54, 1.807) is 20.3 Å². The predicted molar refractivity (Wildman–Crippen MR) is 85.9 cm³/mol. The van der Waals surface area contributed by atoms with Crippen LogP contribution in [0.2, 0.25) is 0 Å². The molecule has 5 heteroatoms. The van der Waals surface area contributed by atoms with Gasteiger partial charge in [-0.15, -0.1) is 0 Å². The van der Waals surface area contributed by atoms with Gasteiger partial charge in [0.1, 0.15) is 17.6 Å². The van der Waals surface area contributed by atoms with Crippen molar-refractivity contribution in [1.82, 2.24) is 0 Å². The summed E-state index contributed by atoms with van der Waals surface area (Å²) in [5, 5.41) is 10.1. The molecule has 23 heavy (non-hydrogen) atoms. The Morgan fingerprint density at radius 3 is 2.48 bits per heavy atom. The highest BCUT2D eigenvalue weighted by atomic mass is 16.5. The summed E-state index contributed by atoms with van der Waals surface area (Å²) in [6.07, 6.45) is 1.38. The van der Waals surface area contributed by atoms with E-state index in [-0.39, 0.29) is 11.9 Å². The van der Waals surface area contributed by atoms with Crippen molar-refractivity contribution in [1.29, 1.82) is 0 Å². The van der Waals surface area contributed by atoms with E-state index >= 15 is 0 Å². The molecule has 0 aliphatic carbocycles. The molecule has 1 unspecified atom stereocenters. The third-order valence-corrected chi connectivity index (χ3v) is 4.10. The first-order valence-corrected chi connectivity index (χ1v) is 7.46. The molecule has 1 aliphatic heterocycles. The summed E-state index contributed by atoms with van der Waals surface area (Å²) >= 11 is 0. The number of ether oxygens (including phenoxy) is 4. The fraction of sp³-hybridized carbons (Fsp3) is 0.333. The highest BCUT2D eigenvalue weighted by Crippen LogP contribution is 2.50. The molecule has 5 nitrogen and oxygen atoms in total. The van der Waals surface area contributed by atoms with Crippen molar-refractivity contribution in [3.8, 4) is 28.7 Å². The van der Waals surface area contributed by atoms with Crippen LogP contribution in [0, 0.1) is 0 Å². The van der Waals surface area contributed by atoms with Gasteiger partial charge >= 0.3 is 0 Å². The molecule has 0 saturated carbocycles. The second-order valence-electron chi connectivity index (χ2n) is 5.33. The Labute approximate surface area is 135 Å². The maximum Gasteiger partial charge on any atom is 0.203 e. The molecule has 1 atom stereocenters. The van der Waals surface area contributed by atoms with Crippen molar-refractivity contribution in [3.63, 3.8) is 0 Å². The summed E-state index contributed by atoms with van der Waals surface area (Å²) in [5.41, 5.74) is 1.89. The molecular weight excluding hydrogens is 296 g/mol. The smallest absolute Gasteiger partial charge is 0.203 e. The molecule has 0 aromatic heterocycles. The number of phenols is 1. The molecule has 1 heterocycles. The van der Waals surface area contributed by atoms with Crippen LogP contribution in [-0.4, -0.2) is 26.4 Å². The standard InChI is InChI=1S/C18H20O5/c1-20-14-7-5-4-6-11(14)15-9-8-12-16(21-2)10-13(19)18(22-3)17(12)23-15/h4-7,10,15,19H,8-9H2,1-3H3. The summed E-state index contributed by atoms with van der Waals surface area (Å²) in [5.74, 6) is 2.26. The molecule has 0 saturated heterocycles. The average Bonchev–Trinajstić information content (AvgIpc) is 2.60. The normalized spacial score (nSPS) is 16.2. The molecule has 2 aromatic carbocycles. The van der Waals surface area contributed by atoms with E-state index in [4.69, 9.17) is 18.9 Å². The molecule has 2 aromatic rings. The van der Waals surface area contributed by atoms with E-state index in [1.807, 2.05) is 24.3 Å². The second kappa shape index (κ2) is 6.28. The highest BCUT2D eigenvalue weighted by Gasteiger charge is 2.30. The molecule has 0 fully saturated rings. The van der Waals surface area contributed by atoms with Gasteiger partial charge in [0.15, 0.2) is 11.5 Å². The largest absolute Gasteiger partial charge is 0.504 e. The summed E-state index contributed by atoms with van der Waals surface area (Å²) in [6, 6.07) is 9.34. The Morgan fingerprint density at radius 2 is 1.78 bits per heavy atom. The van der Waals surface area contributed by atoms with Crippen LogP contribution < -0.4 is 18.9 Å².